The first-order valence-electron chi connectivity index (χ1n) is 6.21. The van der Waals surface area contributed by atoms with Crippen LogP contribution < -0.4 is 5.32 Å². The van der Waals surface area contributed by atoms with Crippen molar-refractivity contribution in [3.8, 4) is 0 Å². The van der Waals surface area contributed by atoms with E-state index in [-0.39, 0.29) is 0 Å². The molecule has 0 radical (unpaired) electrons. The summed E-state index contributed by atoms with van der Waals surface area (Å²) >= 11 is 7.61. The average Bonchev–Trinajstić information content (AvgIpc) is 2.36. The van der Waals surface area contributed by atoms with Crippen LogP contribution in [-0.4, -0.2) is 17.3 Å². The van der Waals surface area contributed by atoms with Crippen molar-refractivity contribution in [2.75, 3.05) is 17.6 Å². The van der Waals surface area contributed by atoms with Crippen molar-refractivity contribution >= 4 is 29.1 Å². The first kappa shape index (κ1) is 14.2. The standard InChI is InChI=1S/C15H17ClN2S/c1-11-9-12(2)18-15(10-11)19-8-7-17-14-5-3-13(16)4-6-14/h3-6,9-10,17H,7-8H2,1-2H3. The molecule has 0 unspecified atom stereocenters. The monoisotopic (exact) mass is 292 g/mol. The number of nitrogens with one attached hydrogen (secondary N) is 1. The fourth-order valence-electron chi connectivity index (χ4n) is 1.80. The number of anilines is 1. The predicted octanol–water partition coefficient (Wildman–Crippen LogP) is 4.56. The zero-order valence-electron chi connectivity index (χ0n) is 11.1. The third-order valence-electron chi connectivity index (χ3n) is 2.60. The maximum absolute atomic E-state index is 5.84. The van der Waals surface area contributed by atoms with Crippen LogP contribution in [0.5, 0.6) is 0 Å². The second kappa shape index (κ2) is 6.83. The number of thioether (sulfide) groups is 1. The fourth-order valence-corrected chi connectivity index (χ4v) is 2.81. The van der Waals surface area contributed by atoms with Gasteiger partial charge in [0, 0.05) is 28.7 Å². The molecule has 2 rings (SSSR count). The summed E-state index contributed by atoms with van der Waals surface area (Å²) in [7, 11) is 0. The van der Waals surface area contributed by atoms with E-state index >= 15 is 0 Å². The molecule has 1 heterocycles. The van der Waals surface area contributed by atoms with Gasteiger partial charge < -0.3 is 5.32 Å². The Morgan fingerprint density at radius 3 is 2.58 bits per heavy atom. The summed E-state index contributed by atoms with van der Waals surface area (Å²) < 4.78 is 0. The predicted molar refractivity (Wildman–Crippen MR) is 84.4 cm³/mol. The SMILES string of the molecule is Cc1cc(C)nc(SCCNc2ccc(Cl)cc2)c1. The van der Waals surface area contributed by atoms with Crippen LogP contribution in [0.1, 0.15) is 11.3 Å². The summed E-state index contributed by atoms with van der Waals surface area (Å²) in [6.45, 7) is 5.04. The lowest BCUT2D eigenvalue weighted by Crippen LogP contribution is -2.04. The third-order valence-corrected chi connectivity index (χ3v) is 3.76. The van der Waals surface area contributed by atoms with E-state index in [1.165, 1.54) is 5.56 Å². The second-order valence-electron chi connectivity index (χ2n) is 4.41. The Bertz CT molecular complexity index is 520. The van der Waals surface area contributed by atoms with Crippen LogP contribution in [0.4, 0.5) is 5.69 Å². The molecule has 1 aromatic heterocycles. The first-order chi connectivity index (χ1) is 9.13. The van der Waals surface area contributed by atoms with E-state index in [9.17, 15) is 0 Å². The van der Waals surface area contributed by atoms with Gasteiger partial charge >= 0.3 is 0 Å². The number of halogens is 1. The molecule has 4 heteroatoms. The van der Waals surface area contributed by atoms with Gasteiger partial charge in [0.15, 0.2) is 0 Å². The average molecular weight is 293 g/mol. The van der Waals surface area contributed by atoms with Crippen LogP contribution in [0.15, 0.2) is 41.4 Å². The summed E-state index contributed by atoms with van der Waals surface area (Å²) in [6.07, 6.45) is 0. The minimum absolute atomic E-state index is 0.763. The molecule has 0 saturated carbocycles. The number of rotatable bonds is 5. The molecule has 0 saturated heterocycles. The Hall–Kier alpha value is -1.19. The molecular weight excluding hydrogens is 276 g/mol. The molecule has 1 N–H and O–H groups in total. The van der Waals surface area contributed by atoms with Gasteiger partial charge in [-0.2, -0.15) is 0 Å². The molecule has 2 nitrogen and oxygen atoms in total. The van der Waals surface area contributed by atoms with E-state index in [0.29, 0.717) is 0 Å². The van der Waals surface area contributed by atoms with E-state index in [0.717, 1.165) is 33.7 Å². The van der Waals surface area contributed by atoms with Crippen molar-refractivity contribution in [3.05, 3.63) is 52.7 Å². The van der Waals surface area contributed by atoms with Gasteiger partial charge in [0.1, 0.15) is 0 Å². The number of pyridine rings is 1. The molecule has 0 spiro atoms. The van der Waals surface area contributed by atoms with Gasteiger partial charge in [-0.15, -0.1) is 11.8 Å². The number of nitrogens with zero attached hydrogens (tertiary/aromatic N) is 1. The summed E-state index contributed by atoms with van der Waals surface area (Å²) in [6, 6.07) is 12.0. The highest BCUT2D eigenvalue weighted by Crippen LogP contribution is 2.18. The van der Waals surface area contributed by atoms with E-state index in [1.54, 1.807) is 11.8 Å². The highest BCUT2D eigenvalue weighted by Gasteiger charge is 1.99. The molecule has 0 aliphatic rings. The minimum Gasteiger partial charge on any atom is -0.384 e. The zero-order valence-corrected chi connectivity index (χ0v) is 12.7. The lowest BCUT2D eigenvalue weighted by atomic mass is 10.3. The first-order valence-corrected chi connectivity index (χ1v) is 7.57. The molecule has 0 amide bonds. The van der Waals surface area contributed by atoms with Crippen molar-refractivity contribution in [1.29, 1.82) is 0 Å². The Morgan fingerprint density at radius 2 is 1.89 bits per heavy atom. The van der Waals surface area contributed by atoms with Gasteiger partial charge in [0.05, 0.1) is 5.03 Å². The maximum atomic E-state index is 5.84. The van der Waals surface area contributed by atoms with Crippen LogP contribution in [-0.2, 0) is 0 Å². The molecule has 100 valence electrons. The highest BCUT2D eigenvalue weighted by atomic mass is 35.5. The normalized spacial score (nSPS) is 10.5. The molecule has 0 aliphatic heterocycles. The van der Waals surface area contributed by atoms with Crippen LogP contribution in [0.3, 0.4) is 0 Å². The Labute approximate surface area is 123 Å². The lowest BCUT2D eigenvalue weighted by Gasteiger charge is -2.07. The fraction of sp³-hybridized carbons (Fsp3) is 0.267. The van der Waals surface area contributed by atoms with E-state index in [4.69, 9.17) is 11.6 Å². The van der Waals surface area contributed by atoms with Gasteiger partial charge in [-0.05, 0) is 55.8 Å². The molecule has 0 fully saturated rings. The Morgan fingerprint density at radius 1 is 1.16 bits per heavy atom. The van der Waals surface area contributed by atoms with Crippen LogP contribution in [0.2, 0.25) is 5.02 Å². The number of aryl methyl sites for hydroxylation is 2. The lowest BCUT2D eigenvalue weighted by molar-refractivity contribution is 1.04. The van der Waals surface area contributed by atoms with Crippen LogP contribution >= 0.6 is 23.4 Å². The van der Waals surface area contributed by atoms with E-state index in [1.807, 2.05) is 31.2 Å². The van der Waals surface area contributed by atoms with E-state index in [2.05, 4.69) is 29.4 Å². The summed E-state index contributed by atoms with van der Waals surface area (Å²) in [4.78, 5) is 4.51. The van der Waals surface area contributed by atoms with Crippen LogP contribution in [0.25, 0.3) is 0 Å². The van der Waals surface area contributed by atoms with Crippen molar-refractivity contribution in [3.63, 3.8) is 0 Å². The molecule has 2 aromatic rings. The van der Waals surface area contributed by atoms with Gasteiger partial charge in [-0.3, -0.25) is 0 Å². The smallest absolute Gasteiger partial charge is 0.0966 e. The zero-order chi connectivity index (χ0) is 13.7. The largest absolute Gasteiger partial charge is 0.384 e. The molecule has 1 aromatic carbocycles. The number of aromatic nitrogens is 1. The minimum atomic E-state index is 0.763. The van der Waals surface area contributed by atoms with E-state index < -0.39 is 0 Å². The highest BCUT2D eigenvalue weighted by molar-refractivity contribution is 7.99. The molecule has 0 aliphatic carbocycles. The molecule has 0 atom stereocenters. The topological polar surface area (TPSA) is 24.9 Å². The summed E-state index contributed by atoms with van der Waals surface area (Å²) in [5.41, 5.74) is 3.44. The third kappa shape index (κ3) is 4.77. The number of hydrogen-bond donors (Lipinski definition) is 1. The quantitative estimate of drug-likeness (QED) is 0.646. The van der Waals surface area contributed by atoms with Gasteiger partial charge in [-0.25, -0.2) is 4.98 Å². The molecule has 19 heavy (non-hydrogen) atoms. The summed E-state index contributed by atoms with van der Waals surface area (Å²) in [5.74, 6) is 0.985. The van der Waals surface area contributed by atoms with Crippen molar-refractivity contribution < 1.29 is 0 Å². The molecule has 0 bridgehead atoms. The molecular formula is C15H17ClN2S. The van der Waals surface area contributed by atoms with Gasteiger partial charge in [0.2, 0.25) is 0 Å². The van der Waals surface area contributed by atoms with Crippen molar-refractivity contribution in [2.24, 2.45) is 0 Å². The van der Waals surface area contributed by atoms with Crippen LogP contribution in [0, 0.1) is 13.8 Å². The number of benzene rings is 1. The van der Waals surface area contributed by atoms with Gasteiger partial charge in [-0.1, -0.05) is 11.6 Å². The maximum Gasteiger partial charge on any atom is 0.0966 e. The summed E-state index contributed by atoms with van der Waals surface area (Å²) in [5, 5.41) is 5.22. The van der Waals surface area contributed by atoms with Crippen molar-refractivity contribution in [1.82, 2.24) is 4.98 Å². The van der Waals surface area contributed by atoms with Gasteiger partial charge in [0.25, 0.3) is 0 Å². The Kier molecular flexibility index (Phi) is 5.11. The van der Waals surface area contributed by atoms with Crippen molar-refractivity contribution in [2.45, 2.75) is 18.9 Å². The number of hydrogen-bond acceptors (Lipinski definition) is 3. The second-order valence-corrected chi connectivity index (χ2v) is 5.96. The Balaban J connectivity index is 1.79.